The first-order valence-electron chi connectivity index (χ1n) is 9.46. The molecule has 0 saturated carbocycles. The van der Waals surface area contributed by atoms with Gasteiger partial charge < -0.3 is 29.2 Å². The summed E-state index contributed by atoms with van der Waals surface area (Å²) in [5.74, 6) is 3.25. The van der Waals surface area contributed by atoms with Crippen molar-refractivity contribution < 1.29 is 18.9 Å². The second-order valence-corrected chi connectivity index (χ2v) is 6.78. The van der Waals surface area contributed by atoms with E-state index in [0.717, 1.165) is 55.5 Å². The molecule has 4 rings (SSSR count). The van der Waals surface area contributed by atoms with Gasteiger partial charge in [-0.3, -0.25) is 0 Å². The molecule has 0 amide bonds. The second kappa shape index (κ2) is 8.39. The molecular formula is C21H26N2O4. The Hall–Kier alpha value is -2.60. The molecule has 0 unspecified atom stereocenters. The first-order chi connectivity index (χ1) is 13.3. The molecule has 0 atom stereocenters. The zero-order valence-corrected chi connectivity index (χ0v) is 15.6. The summed E-state index contributed by atoms with van der Waals surface area (Å²) in [7, 11) is 1.70. The maximum absolute atomic E-state index is 5.81. The van der Waals surface area contributed by atoms with Gasteiger partial charge in [0.15, 0.2) is 11.5 Å². The average molecular weight is 370 g/mol. The van der Waals surface area contributed by atoms with Crippen LogP contribution in [-0.4, -0.2) is 46.2 Å². The third kappa shape index (κ3) is 4.39. The highest BCUT2D eigenvalue weighted by Gasteiger charge is 2.19. The number of ether oxygens (including phenoxy) is 4. The van der Waals surface area contributed by atoms with E-state index in [1.54, 1.807) is 7.11 Å². The van der Waals surface area contributed by atoms with Gasteiger partial charge in [0, 0.05) is 37.4 Å². The van der Waals surface area contributed by atoms with E-state index in [-0.39, 0.29) is 6.79 Å². The van der Waals surface area contributed by atoms with E-state index in [0.29, 0.717) is 12.6 Å². The third-order valence-electron chi connectivity index (χ3n) is 5.08. The fourth-order valence-electron chi connectivity index (χ4n) is 3.53. The highest BCUT2D eigenvalue weighted by atomic mass is 16.7. The molecule has 1 N–H and O–H groups in total. The zero-order chi connectivity index (χ0) is 18.5. The lowest BCUT2D eigenvalue weighted by atomic mass is 10.0. The van der Waals surface area contributed by atoms with Crippen molar-refractivity contribution in [2.24, 2.45) is 0 Å². The Kier molecular flexibility index (Phi) is 5.53. The lowest BCUT2D eigenvalue weighted by Gasteiger charge is -2.34. The first-order valence-corrected chi connectivity index (χ1v) is 9.46. The minimum absolute atomic E-state index is 0.287. The molecule has 0 aromatic heterocycles. The fourth-order valence-corrected chi connectivity index (χ4v) is 3.53. The normalized spacial score (nSPS) is 16.4. The first kappa shape index (κ1) is 17.8. The Morgan fingerprint density at radius 2 is 1.74 bits per heavy atom. The van der Waals surface area contributed by atoms with Crippen molar-refractivity contribution in [3.8, 4) is 23.0 Å². The summed E-state index contributed by atoms with van der Waals surface area (Å²) in [5, 5.41) is 3.61. The van der Waals surface area contributed by atoms with Gasteiger partial charge in [-0.05, 0) is 49.2 Å². The van der Waals surface area contributed by atoms with Gasteiger partial charge in [0.1, 0.15) is 18.1 Å². The summed E-state index contributed by atoms with van der Waals surface area (Å²) in [4.78, 5) is 2.43. The summed E-state index contributed by atoms with van der Waals surface area (Å²) in [5.41, 5.74) is 1.26. The number of hydrogen-bond donors (Lipinski definition) is 1. The van der Waals surface area contributed by atoms with Crippen molar-refractivity contribution in [2.75, 3.05) is 45.0 Å². The molecule has 1 saturated heterocycles. The Balaban J connectivity index is 1.16. The van der Waals surface area contributed by atoms with Gasteiger partial charge in [-0.1, -0.05) is 0 Å². The van der Waals surface area contributed by atoms with E-state index < -0.39 is 0 Å². The number of piperidine rings is 1. The molecule has 0 radical (unpaired) electrons. The fraction of sp³-hybridized carbons (Fsp3) is 0.429. The Morgan fingerprint density at radius 1 is 1.00 bits per heavy atom. The van der Waals surface area contributed by atoms with Gasteiger partial charge in [0.05, 0.1) is 7.11 Å². The molecule has 2 aromatic rings. The lowest BCUT2D eigenvalue weighted by molar-refractivity contribution is 0.173. The van der Waals surface area contributed by atoms with Gasteiger partial charge in [-0.2, -0.15) is 0 Å². The van der Waals surface area contributed by atoms with Crippen LogP contribution < -0.4 is 29.2 Å². The predicted octanol–water partition coefficient (Wildman–Crippen LogP) is 3.06. The van der Waals surface area contributed by atoms with E-state index in [2.05, 4.69) is 22.3 Å². The van der Waals surface area contributed by atoms with Crippen molar-refractivity contribution >= 4 is 5.69 Å². The molecule has 2 aliphatic rings. The maximum atomic E-state index is 5.81. The molecule has 1 fully saturated rings. The summed E-state index contributed by atoms with van der Waals surface area (Å²) in [6, 6.07) is 14.5. The average Bonchev–Trinajstić information content (AvgIpc) is 3.20. The lowest BCUT2D eigenvalue weighted by Crippen LogP contribution is -2.43. The largest absolute Gasteiger partial charge is 0.497 e. The number of rotatable bonds is 7. The number of benzene rings is 2. The molecule has 27 heavy (non-hydrogen) atoms. The van der Waals surface area contributed by atoms with Crippen LogP contribution in [0.25, 0.3) is 0 Å². The van der Waals surface area contributed by atoms with Crippen LogP contribution in [0, 0.1) is 0 Å². The van der Waals surface area contributed by atoms with E-state index in [1.165, 1.54) is 5.69 Å². The van der Waals surface area contributed by atoms with Crippen molar-refractivity contribution in [2.45, 2.75) is 18.9 Å². The summed E-state index contributed by atoms with van der Waals surface area (Å²) >= 11 is 0. The van der Waals surface area contributed by atoms with Crippen molar-refractivity contribution in [1.29, 1.82) is 0 Å². The monoisotopic (exact) mass is 370 g/mol. The third-order valence-corrected chi connectivity index (χ3v) is 5.08. The van der Waals surface area contributed by atoms with Crippen LogP contribution in [0.1, 0.15) is 12.8 Å². The number of nitrogens with one attached hydrogen (secondary N) is 1. The molecule has 144 valence electrons. The molecule has 0 spiro atoms. The van der Waals surface area contributed by atoms with Gasteiger partial charge in [0.25, 0.3) is 0 Å². The van der Waals surface area contributed by atoms with Crippen molar-refractivity contribution in [3.63, 3.8) is 0 Å². The molecular weight excluding hydrogens is 344 g/mol. The molecule has 2 aromatic carbocycles. The van der Waals surface area contributed by atoms with Crippen LogP contribution >= 0.6 is 0 Å². The van der Waals surface area contributed by atoms with Crippen LogP contribution in [0.3, 0.4) is 0 Å². The van der Waals surface area contributed by atoms with Gasteiger partial charge in [-0.25, -0.2) is 0 Å². The SMILES string of the molecule is COc1ccc(N2CCC(NCCOc3ccc4c(c3)OCO4)CC2)cc1. The Bertz CT molecular complexity index is 742. The quantitative estimate of drug-likeness (QED) is 0.756. The Morgan fingerprint density at radius 3 is 2.52 bits per heavy atom. The van der Waals surface area contributed by atoms with Crippen LogP contribution in [0.15, 0.2) is 42.5 Å². The van der Waals surface area contributed by atoms with Gasteiger partial charge in [-0.15, -0.1) is 0 Å². The van der Waals surface area contributed by atoms with E-state index in [4.69, 9.17) is 18.9 Å². The topological polar surface area (TPSA) is 52.2 Å². The number of nitrogens with zero attached hydrogens (tertiary/aromatic N) is 1. The number of anilines is 1. The highest BCUT2D eigenvalue weighted by molar-refractivity contribution is 5.49. The van der Waals surface area contributed by atoms with Crippen molar-refractivity contribution in [1.82, 2.24) is 5.32 Å². The summed E-state index contributed by atoms with van der Waals surface area (Å²) in [6.07, 6.45) is 2.27. The van der Waals surface area contributed by atoms with Gasteiger partial charge in [0.2, 0.25) is 6.79 Å². The molecule has 6 nitrogen and oxygen atoms in total. The van der Waals surface area contributed by atoms with Crippen LogP contribution in [0.2, 0.25) is 0 Å². The number of fused-ring (bicyclic) bond motifs is 1. The van der Waals surface area contributed by atoms with E-state index >= 15 is 0 Å². The molecule has 0 aliphatic carbocycles. The minimum Gasteiger partial charge on any atom is -0.497 e. The molecule has 0 bridgehead atoms. The van der Waals surface area contributed by atoms with E-state index in [1.807, 2.05) is 30.3 Å². The highest BCUT2D eigenvalue weighted by Crippen LogP contribution is 2.35. The second-order valence-electron chi connectivity index (χ2n) is 6.78. The predicted molar refractivity (Wildman–Crippen MR) is 104 cm³/mol. The van der Waals surface area contributed by atoms with Crippen LogP contribution in [0.4, 0.5) is 5.69 Å². The summed E-state index contributed by atoms with van der Waals surface area (Å²) < 4.78 is 21.7. The van der Waals surface area contributed by atoms with Crippen LogP contribution in [-0.2, 0) is 0 Å². The number of methoxy groups -OCH3 is 1. The van der Waals surface area contributed by atoms with Gasteiger partial charge >= 0.3 is 0 Å². The minimum atomic E-state index is 0.287. The Labute approximate surface area is 160 Å². The smallest absolute Gasteiger partial charge is 0.231 e. The molecule has 2 heterocycles. The van der Waals surface area contributed by atoms with Crippen LogP contribution in [0.5, 0.6) is 23.0 Å². The number of hydrogen-bond acceptors (Lipinski definition) is 6. The molecule has 2 aliphatic heterocycles. The molecule has 6 heteroatoms. The van der Waals surface area contributed by atoms with E-state index in [9.17, 15) is 0 Å². The maximum Gasteiger partial charge on any atom is 0.231 e. The van der Waals surface area contributed by atoms with Crippen molar-refractivity contribution in [3.05, 3.63) is 42.5 Å². The standard InChI is InChI=1S/C21H26N2O4/c1-24-18-4-2-17(3-5-18)23-11-8-16(9-12-23)22-10-13-25-19-6-7-20-21(14-19)27-15-26-20/h2-7,14,16,22H,8-13,15H2,1H3. The summed E-state index contributed by atoms with van der Waals surface area (Å²) in [6.45, 7) is 3.88. The zero-order valence-electron chi connectivity index (χ0n) is 15.6.